The summed E-state index contributed by atoms with van der Waals surface area (Å²) in [7, 11) is 0. The molecule has 0 spiro atoms. The molecule has 0 radical (unpaired) electrons. The third kappa shape index (κ3) is 6.99. The van der Waals surface area contributed by atoms with Crippen LogP contribution in [0.3, 0.4) is 0 Å². The van der Waals surface area contributed by atoms with Crippen molar-refractivity contribution in [3.8, 4) is 5.75 Å². The largest absolute Gasteiger partial charge is 0.508 e. The Bertz CT molecular complexity index is 717. The highest BCUT2D eigenvalue weighted by Crippen LogP contribution is 2.36. The molecule has 1 aromatic carbocycles. The van der Waals surface area contributed by atoms with E-state index in [0.29, 0.717) is 24.7 Å². The number of ether oxygens (including phenoxy) is 1. The van der Waals surface area contributed by atoms with E-state index in [-0.39, 0.29) is 23.8 Å². The summed E-state index contributed by atoms with van der Waals surface area (Å²) in [6, 6.07) is 7.35. The van der Waals surface area contributed by atoms with Gasteiger partial charge in [0.25, 0.3) is 5.97 Å². The second kappa shape index (κ2) is 10.8. The first-order valence-corrected chi connectivity index (χ1v) is 11.0. The molecule has 1 aliphatic heterocycles. The first kappa shape index (κ1) is 22.6. The first-order chi connectivity index (χ1) is 14.4. The second-order valence-corrected chi connectivity index (χ2v) is 8.79. The molecule has 0 aromatic heterocycles. The number of benzene rings is 1. The smallest absolute Gasteiger partial charge is 0.300 e. The van der Waals surface area contributed by atoms with Crippen molar-refractivity contribution >= 4 is 11.9 Å². The third-order valence-corrected chi connectivity index (χ3v) is 6.22. The molecule has 4 atom stereocenters. The summed E-state index contributed by atoms with van der Waals surface area (Å²) >= 11 is 0. The average Bonchev–Trinajstić information content (AvgIpc) is 3.42. The number of carbonyl (C=O) groups is 2. The number of carbonyl (C=O) groups excluding carboxylic acids is 1. The minimum atomic E-state index is -0.833. The molecule has 2 saturated carbocycles. The van der Waals surface area contributed by atoms with Crippen LogP contribution in [-0.2, 0) is 20.7 Å². The van der Waals surface area contributed by atoms with E-state index in [2.05, 4.69) is 10.6 Å². The van der Waals surface area contributed by atoms with Gasteiger partial charge in [0.15, 0.2) is 0 Å². The van der Waals surface area contributed by atoms with Crippen molar-refractivity contribution in [3.05, 3.63) is 29.8 Å². The summed E-state index contributed by atoms with van der Waals surface area (Å²) in [4.78, 5) is 21.5. The van der Waals surface area contributed by atoms with Gasteiger partial charge in [0, 0.05) is 20.0 Å². The zero-order valence-corrected chi connectivity index (χ0v) is 17.7. The topological polar surface area (TPSA) is 108 Å². The van der Waals surface area contributed by atoms with E-state index in [1.54, 1.807) is 12.1 Å². The maximum Gasteiger partial charge on any atom is 0.300 e. The van der Waals surface area contributed by atoms with Crippen LogP contribution in [0.2, 0.25) is 0 Å². The zero-order chi connectivity index (χ0) is 21.5. The molecule has 4 rings (SSSR count). The number of carboxylic acid groups (broad SMARTS) is 1. The van der Waals surface area contributed by atoms with E-state index in [4.69, 9.17) is 14.6 Å². The molecule has 166 valence electrons. The van der Waals surface area contributed by atoms with Gasteiger partial charge in [-0.15, -0.1) is 0 Å². The average molecular weight is 419 g/mol. The number of phenols is 1. The molecule has 2 aliphatic carbocycles. The number of rotatable bonds is 7. The van der Waals surface area contributed by atoms with Crippen LogP contribution < -0.4 is 10.6 Å². The Labute approximate surface area is 178 Å². The molecule has 3 fully saturated rings. The van der Waals surface area contributed by atoms with Gasteiger partial charge in [0.1, 0.15) is 5.75 Å². The monoisotopic (exact) mass is 418 g/mol. The molecule has 1 amide bonds. The Morgan fingerprint density at radius 3 is 2.50 bits per heavy atom. The minimum Gasteiger partial charge on any atom is -0.508 e. The Balaban J connectivity index is 0.000000589. The minimum absolute atomic E-state index is 0.0580. The number of aryl methyl sites for hydroxylation is 1. The fraction of sp³-hybridized carbons (Fsp3) is 0.652. The highest BCUT2D eigenvalue weighted by atomic mass is 16.5. The summed E-state index contributed by atoms with van der Waals surface area (Å²) in [6.45, 7) is 4.08. The lowest BCUT2D eigenvalue weighted by Crippen LogP contribution is -2.50. The van der Waals surface area contributed by atoms with Gasteiger partial charge in [-0.3, -0.25) is 9.59 Å². The summed E-state index contributed by atoms with van der Waals surface area (Å²) in [5, 5.41) is 24.0. The maximum atomic E-state index is 12.5. The highest BCUT2D eigenvalue weighted by Gasteiger charge is 2.41. The fourth-order valence-corrected chi connectivity index (χ4v) is 4.41. The molecule has 1 aromatic rings. The standard InChI is InChI=1S/C21H30N2O3.C2H4O2/c24-19-4-2-1-3-15(19)7-8-21(25)23-18-9-16-11-22-12-17(16)10-20(18)26-13-14-5-6-14;1-2(3)4/h1-4,14,16-18,20,22,24H,5-13H2,(H,23,25);1H3,(H,3,4)/t16-,17+,18-,20-;/m0./s1. The van der Waals surface area contributed by atoms with Crippen LogP contribution in [0, 0.1) is 17.8 Å². The molecule has 30 heavy (non-hydrogen) atoms. The molecule has 7 nitrogen and oxygen atoms in total. The van der Waals surface area contributed by atoms with Crippen molar-refractivity contribution in [3.63, 3.8) is 0 Å². The van der Waals surface area contributed by atoms with Gasteiger partial charge in [-0.2, -0.15) is 0 Å². The van der Waals surface area contributed by atoms with Crippen LogP contribution in [0.1, 0.15) is 44.6 Å². The van der Waals surface area contributed by atoms with Gasteiger partial charge in [-0.25, -0.2) is 0 Å². The quantitative estimate of drug-likeness (QED) is 0.541. The van der Waals surface area contributed by atoms with E-state index in [1.165, 1.54) is 12.8 Å². The normalized spacial score (nSPS) is 27.5. The predicted octanol–water partition coefficient (Wildman–Crippen LogP) is 2.33. The van der Waals surface area contributed by atoms with E-state index in [0.717, 1.165) is 50.9 Å². The van der Waals surface area contributed by atoms with E-state index < -0.39 is 5.97 Å². The van der Waals surface area contributed by atoms with Crippen molar-refractivity contribution in [2.75, 3.05) is 19.7 Å². The molecule has 7 heteroatoms. The molecule has 0 unspecified atom stereocenters. The number of hydrogen-bond acceptors (Lipinski definition) is 5. The van der Waals surface area contributed by atoms with Crippen LogP contribution in [0.25, 0.3) is 0 Å². The Morgan fingerprint density at radius 1 is 1.17 bits per heavy atom. The fourth-order valence-electron chi connectivity index (χ4n) is 4.41. The van der Waals surface area contributed by atoms with Crippen molar-refractivity contribution in [1.82, 2.24) is 10.6 Å². The lowest BCUT2D eigenvalue weighted by molar-refractivity contribution is -0.134. The maximum absolute atomic E-state index is 12.5. The lowest BCUT2D eigenvalue weighted by atomic mass is 9.77. The van der Waals surface area contributed by atoms with E-state index >= 15 is 0 Å². The number of hydrogen-bond donors (Lipinski definition) is 4. The number of nitrogens with one attached hydrogen (secondary N) is 2. The van der Waals surface area contributed by atoms with E-state index in [1.807, 2.05) is 12.1 Å². The summed E-state index contributed by atoms with van der Waals surface area (Å²) in [5.74, 6) is 1.57. The molecule has 0 bridgehead atoms. The number of fused-ring (bicyclic) bond motifs is 1. The second-order valence-electron chi connectivity index (χ2n) is 8.79. The van der Waals surface area contributed by atoms with Crippen molar-refractivity contribution in [2.24, 2.45) is 17.8 Å². The van der Waals surface area contributed by atoms with Crippen LogP contribution >= 0.6 is 0 Å². The Kier molecular flexibility index (Phi) is 8.10. The van der Waals surface area contributed by atoms with Crippen LogP contribution in [-0.4, -0.2) is 53.9 Å². The Morgan fingerprint density at radius 2 is 1.83 bits per heavy atom. The van der Waals surface area contributed by atoms with Gasteiger partial charge in [0.05, 0.1) is 12.1 Å². The zero-order valence-electron chi connectivity index (χ0n) is 17.7. The van der Waals surface area contributed by atoms with Crippen molar-refractivity contribution < 1.29 is 24.5 Å². The Hall–Kier alpha value is -2.12. The number of para-hydroxylation sites is 1. The highest BCUT2D eigenvalue weighted by molar-refractivity contribution is 5.76. The van der Waals surface area contributed by atoms with Crippen molar-refractivity contribution in [2.45, 2.75) is 57.6 Å². The molecule has 1 heterocycles. The summed E-state index contributed by atoms with van der Waals surface area (Å²) in [6.07, 6.45) is 5.74. The third-order valence-electron chi connectivity index (χ3n) is 6.22. The number of aromatic hydroxyl groups is 1. The molecule has 4 N–H and O–H groups in total. The predicted molar refractivity (Wildman–Crippen MR) is 113 cm³/mol. The van der Waals surface area contributed by atoms with Crippen LogP contribution in [0.5, 0.6) is 5.75 Å². The molecule has 1 saturated heterocycles. The lowest BCUT2D eigenvalue weighted by Gasteiger charge is -2.38. The molecular formula is C23H34N2O5. The number of amides is 1. The van der Waals surface area contributed by atoms with E-state index in [9.17, 15) is 9.90 Å². The van der Waals surface area contributed by atoms with Gasteiger partial charge < -0.3 is 25.6 Å². The summed E-state index contributed by atoms with van der Waals surface area (Å²) < 4.78 is 6.23. The number of aliphatic carboxylic acids is 1. The van der Waals surface area contributed by atoms with Crippen molar-refractivity contribution in [1.29, 1.82) is 0 Å². The molecular weight excluding hydrogens is 384 g/mol. The van der Waals surface area contributed by atoms with Gasteiger partial charge in [0.2, 0.25) is 5.91 Å². The van der Waals surface area contributed by atoms with Gasteiger partial charge in [-0.05, 0) is 74.6 Å². The number of phenolic OH excluding ortho intramolecular Hbond substituents is 1. The molecule has 3 aliphatic rings. The van der Waals surface area contributed by atoms with Crippen LogP contribution in [0.4, 0.5) is 0 Å². The summed E-state index contributed by atoms with van der Waals surface area (Å²) in [5.41, 5.74) is 0.827. The van der Waals surface area contributed by atoms with Gasteiger partial charge in [-0.1, -0.05) is 18.2 Å². The first-order valence-electron chi connectivity index (χ1n) is 11.0. The van der Waals surface area contributed by atoms with Crippen LogP contribution in [0.15, 0.2) is 24.3 Å². The van der Waals surface area contributed by atoms with Gasteiger partial charge >= 0.3 is 0 Å². The SMILES string of the molecule is CC(=O)O.O=C(CCc1ccccc1O)N[C@H]1C[C@H]2CNC[C@H]2C[C@@H]1OCC1CC1. The number of carboxylic acids is 1.